The number of carbonyl (C=O) groups excluding carboxylic acids is 1. The minimum absolute atomic E-state index is 0.0556. The molecule has 0 aromatic heterocycles. The molecule has 0 heterocycles. The molecule has 0 spiro atoms. The zero-order valence-electron chi connectivity index (χ0n) is 16.9. The number of hydrogen-bond donors (Lipinski definition) is 2. The van der Waals surface area contributed by atoms with Crippen LogP contribution in [0.15, 0.2) is 121 Å². The Morgan fingerprint density at radius 3 is 0.900 bits per heavy atom. The lowest BCUT2D eigenvalue weighted by Gasteiger charge is -2.44. The predicted molar refractivity (Wildman–Crippen MR) is 128 cm³/mol. The van der Waals surface area contributed by atoms with E-state index in [0.717, 1.165) is 0 Å². The molecule has 4 aromatic carbocycles. The zero-order valence-corrected chi connectivity index (χ0v) is 16.9. The molecule has 0 aliphatic carbocycles. The van der Waals surface area contributed by atoms with E-state index >= 15 is 0 Å². The average molecular weight is 393 g/mol. The molecule has 4 rings (SSSR count). The van der Waals surface area contributed by atoms with E-state index in [9.17, 15) is 4.79 Å². The number of carbonyl (C=O) groups is 1. The molecule has 0 atom stereocenters. The van der Waals surface area contributed by atoms with Gasteiger partial charge in [-0.1, -0.05) is 121 Å². The number of rotatable bonds is 5. The molecule has 1 amide bonds. The van der Waals surface area contributed by atoms with E-state index in [0.29, 0.717) is 0 Å². The monoisotopic (exact) mass is 393 g/mol. The molecule has 0 unspecified atom stereocenters. The van der Waals surface area contributed by atoms with Gasteiger partial charge < -0.3 is 11.5 Å². The Balaban J connectivity index is 0.000000461. The quantitative estimate of drug-likeness (QED) is 0.505. The number of hydrogen-bond acceptors (Lipinski definition) is 2. The lowest BCUT2D eigenvalue weighted by Crippen LogP contribution is -2.74. The van der Waals surface area contributed by atoms with Crippen LogP contribution >= 0.6 is 0 Å². The number of amides is 1. The van der Waals surface area contributed by atoms with Crippen LogP contribution in [0.4, 0.5) is 0 Å². The molecule has 4 aromatic rings. The Kier molecular flexibility index (Phi) is 7.20. The van der Waals surface area contributed by atoms with Gasteiger partial charge in [0, 0.05) is 0 Å². The Morgan fingerprint density at radius 1 is 0.533 bits per heavy atom. The number of benzene rings is 4. The van der Waals surface area contributed by atoms with Gasteiger partial charge in [0.05, 0.1) is 6.54 Å². The molecule has 4 heteroatoms. The maximum absolute atomic E-state index is 9.47. The van der Waals surface area contributed by atoms with Crippen molar-refractivity contribution in [2.75, 3.05) is 6.54 Å². The van der Waals surface area contributed by atoms with Gasteiger partial charge in [-0.05, 0) is 0 Å². The van der Waals surface area contributed by atoms with Crippen molar-refractivity contribution >= 4 is 33.9 Å². The van der Waals surface area contributed by atoms with Crippen LogP contribution in [0.3, 0.4) is 0 Å². The van der Waals surface area contributed by atoms with Crippen molar-refractivity contribution in [1.82, 2.24) is 0 Å². The second-order valence-electron chi connectivity index (χ2n) is 7.18. The fraction of sp³-hybridized carbons (Fsp3) is 0.0385. The topological polar surface area (TPSA) is 69.1 Å². The number of primary amides is 1. The Bertz CT molecular complexity index is 876. The highest BCUT2D eigenvalue weighted by atomic mass is 16.1. The van der Waals surface area contributed by atoms with Gasteiger partial charge in [0.25, 0.3) is 0 Å². The summed E-state index contributed by atoms with van der Waals surface area (Å²) in [6, 6.07) is 43.5. The highest BCUT2D eigenvalue weighted by Gasteiger charge is 2.30. The highest BCUT2D eigenvalue weighted by Crippen LogP contribution is 2.09. The van der Waals surface area contributed by atoms with E-state index in [1.54, 1.807) is 0 Å². The fourth-order valence-corrected chi connectivity index (χ4v) is 4.12. The van der Waals surface area contributed by atoms with Crippen LogP contribution in [0.5, 0.6) is 0 Å². The van der Waals surface area contributed by atoms with Crippen LogP contribution in [-0.4, -0.2) is 18.6 Å². The van der Waals surface area contributed by atoms with Crippen molar-refractivity contribution < 1.29 is 4.79 Å². The van der Waals surface area contributed by atoms with E-state index in [1.807, 2.05) is 0 Å². The molecule has 150 valence electrons. The standard InChI is InChI=1S/C24H20B.C2H6N2O/c1-5-13-21(14-6-1)25(22-15-7-2-8-16-22,23-17-9-3-10-18-23)24-19-11-4-12-20-24;3-1-2(4)5/h1-20H;1,3H2,(H2,4,5)/q-1;. The van der Waals surface area contributed by atoms with Crippen molar-refractivity contribution in [2.24, 2.45) is 11.5 Å². The molecular weight excluding hydrogens is 367 g/mol. The first-order valence-corrected chi connectivity index (χ1v) is 10.1. The van der Waals surface area contributed by atoms with E-state index in [2.05, 4.69) is 127 Å². The number of nitrogens with two attached hydrogens (primary N) is 2. The second kappa shape index (κ2) is 10.2. The molecule has 3 nitrogen and oxygen atoms in total. The zero-order chi connectivity index (χ0) is 21.2. The van der Waals surface area contributed by atoms with Crippen LogP contribution in [0.1, 0.15) is 0 Å². The van der Waals surface area contributed by atoms with Crippen LogP contribution < -0.4 is 33.3 Å². The molecule has 4 N–H and O–H groups in total. The van der Waals surface area contributed by atoms with Crippen LogP contribution in [0, 0.1) is 0 Å². The Labute approximate surface area is 178 Å². The molecule has 0 aliphatic heterocycles. The molecule has 0 bridgehead atoms. The normalized spacial score (nSPS) is 10.6. The third kappa shape index (κ3) is 4.50. The molecule has 0 fully saturated rings. The average Bonchev–Trinajstić information content (AvgIpc) is 2.83. The Morgan fingerprint density at radius 2 is 0.733 bits per heavy atom. The Hall–Kier alpha value is -3.63. The van der Waals surface area contributed by atoms with Gasteiger partial charge in [-0.25, -0.2) is 0 Å². The smallest absolute Gasteiger partial charge is 0.231 e. The van der Waals surface area contributed by atoms with Gasteiger partial charge in [0.2, 0.25) is 5.91 Å². The van der Waals surface area contributed by atoms with Crippen molar-refractivity contribution in [3.8, 4) is 0 Å². The molecule has 0 saturated carbocycles. The lowest BCUT2D eigenvalue weighted by atomic mass is 9.13. The predicted octanol–water partition coefficient (Wildman–Crippen LogP) is 1.49. The first-order chi connectivity index (χ1) is 14.7. The van der Waals surface area contributed by atoms with Crippen molar-refractivity contribution in [3.63, 3.8) is 0 Å². The molecule has 0 radical (unpaired) electrons. The summed E-state index contributed by atoms with van der Waals surface area (Å²) in [6.07, 6.45) is -1.22. The summed E-state index contributed by atoms with van der Waals surface area (Å²) in [4.78, 5) is 9.47. The maximum Gasteiger partial charge on any atom is 0.231 e. The summed E-state index contributed by atoms with van der Waals surface area (Å²) in [5.41, 5.74) is 14.6. The molecular formula is C26H26BN2O-. The lowest BCUT2D eigenvalue weighted by molar-refractivity contribution is -0.116. The molecule has 0 saturated heterocycles. The molecule has 30 heavy (non-hydrogen) atoms. The van der Waals surface area contributed by atoms with Crippen LogP contribution in [0.25, 0.3) is 0 Å². The van der Waals surface area contributed by atoms with Gasteiger partial charge in [-0.15, -0.1) is 0 Å². The minimum atomic E-state index is -1.22. The fourth-order valence-electron chi connectivity index (χ4n) is 4.12. The maximum atomic E-state index is 9.47. The SMILES string of the molecule is NCC(N)=O.c1ccc([B-](c2ccccc2)(c2ccccc2)c2ccccc2)cc1. The van der Waals surface area contributed by atoms with Crippen LogP contribution in [0.2, 0.25) is 0 Å². The van der Waals surface area contributed by atoms with Gasteiger partial charge in [0.15, 0.2) is 0 Å². The summed E-state index contributed by atoms with van der Waals surface area (Å²) in [5, 5.41) is 0. The summed E-state index contributed by atoms with van der Waals surface area (Å²) < 4.78 is 0. The summed E-state index contributed by atoms with van der Waals surface area (Å²) in [6.45, 7) is -0.0556. The van der Waals surface area contributed by atoms with Gasteiger partial charge in [-0.2, -0.15) is 21.9 Å². The second-order valence-corrected chi connectivity index (χ2v) is 7.18. The van der Waals surface area contributed by atoms with Crippen molar-refractivity contribution in [1.29, 1.82) is 0 Å². The van der Waals surface area contributed by atoms with E-state index < -0.39 is 12.1 Å². The van der Waals surface area contributed by atoms with Gasteiger partial charge in [0.1, 0.15) is 6.15 Å². The van der Waals surface area contributed by atoms with Gasteiger partial charge in [-0.3, -0.25) is 4.79 Å². The third-order valence-corrected chi connectivity index (χ3v) is 5.40. The van der Waals surface area contributed by atoms with Crippen LogP contribution in [-0.2, 0) is 4.79 Å². The summed E-state index contributed by atoms with van der Waals surface area (Å²) >= 11 is 0. The highest BCUT2D eigenvalue weighted by molar-refractivity contribution is 7.19. The van der Waals surface area contributed by atoms with E-state index in [1.165, 1.54) is 21.9 Å². The molecule has 0 aliphatic rings. The first-order valence-electron chi connectivity index (χ1n) is 10.1. The summed E-state index contributed by atoms with van der Waals surface area (Å²) in [5.74, 6) is -0.468. The van der Waals surface area contributed by atoms with Crippen molar-refractivity contribution in [3.05, 3.63) is 121 Å². The van der Waals surface area contributed by atoms with E-state index in [4.69, 9.17) is 5.73 Å². The summed E-state index contributed by atoms with van der Waals surface area (Å²) in [7, 11) is 0. The van der Waals surface area contributed by atoms with Crippen molar-refractivity contribution in [2.45, 2.75) is 0 Å². The largest absolute Gasteiger partial charge is 0.369 e. The first kappa shape index (κ1) is 21.1. The van der Waals surface area contributed by atoms with E-state index in [-0.39, 0.29) is 6.54 Å². The minimum Gasteiger partial charge on any atom is -0.369 e. The van der Waals surface area contributed by atoms with Gasteiger partial charge >= 0.3 is 0 Å². The third-order valence-electron chi connectivity index (χ3n) is 5.40.